The quantitative estimate of drug-likeness (QED) is 0.502. The van der Waals surface area contributed by atoms with Gasteiger partial charge in [0.05, 0.1) is 34.9 Å². The van der Waals surface area contributed by atoms with Crippen LogP contribution >= 0.6 is 11.6 Å². The highest BCUT2D eigenvalue weighted by Gasteiger charge is 2.28. The molecule has 2 aliphatic rings. The fourth-order valence-electron chi connectivity index (χ4n) is 3.51. The van der Waals surface area contributed by atoms with Crippen molar-refractivity contribution in [3.8, 4) is 5.75 Å². The standard InChI is InChI=1S/C14H10ClFN4O2.C6H12O2/c15-6-4-8-13(20-14(21)18-8)19-12(6)17-9-5-22-10-3-1-2-7(16)11(9)10;7-5-6-3-1-2-4-8-6/h1-4,9H,5H2,(H3,17,18,19,20,21);6-7H,1-5H2/t;6-/m.0/s1. The number of aromatic amines is 2. The van der Waals surface area contributed by atoms with Crippen molar-refractivity contribution >= 4 is 28.6 Å². The first kappa shape index (κ1) is 20.6. The molecule has 160 valence electrons. The van der Waals surface area contributed by atoms with Crippen molar-refractivity contribution in [3.63, 3.8) is 0 Å². The Morgan fingerprint density at radius 2 is 2.20 bits per heavy atom. The Kier molecular flexibility index (Phi) is 6.21. The third-order valence-corrected chi connectivity index (χ3v) is 5.30. The third-order valence-electron chi connectivity index (χ3n) is 5.01. The van der Waals surface area contributed by atoms with Gasteiger partial charge in [0, 0.05) is 6.61 Å². The van der Waals surface area contributed by atoms with E-state index in [-0.39, 0.29) is 30.8 Å². The molecule has 1 aromatic carbocycles. The summed E-state index contributed by atoms with van der Waals surface area (Å²) in [4.78, 5) is 20.7. The van der Waals surface area contributed by atoms with Gasteiger partial charge in [0.25, 0.3) is 0 Å². The van der Waals surface area contributed by atoms with Crippen LogP contribution in [0.25, 0.3) is 11.2 Å². The second-order valence-electron chi connectivity index (χ2n) is 7.12. The molecule has 0 aliphatic carbocycles. The summed E-state index contributed by atoms with van der Waals surface area (Å²) >= 11 is 6.16. The molecule has 4 N–H and O–H groups in total. The number of hydrogen-bond acceptors (Lipinski definition) is 6. The maximum absolute atomic E-state index is 14.0. The topological polar surface area (TPSA) is 112 Å². The summed E-state index contributed by atoms with van der Waals surface area (Å²) in [5.41, 5.74) is 0.971. The second-order valence-corrected chi connectivity index (χ2v) is 7.53. The number of ether oxygens (including phenoxy) is 2. The maximum atomic E-state index is 14.0. The molecule has 0 radical (unpaired) electrons. The monoisotopic (exact) mass is 436 g/mol. The van der Waals surface area contributed by atoms with Gasteiger partial charge in [-0.25, -0.2) is 14.2 Å². The Morgan fingerprint density at radius 1 is 1.33 bits per heavy atom. The van der Waals surface area contributed by atoms with Gasteiger partial charge in [-0.3, -0.25) is 4.98 Å². The van der Waals surface area contributed by atoms with Gasteiger partial charge in [0.15, 0.2) is 5.65 Å². The summed E-state index contributed by atoms with van der Waals surface area (Å²) in [6.07, 6.45) is 3.56. The molecule has 1 saturated heterocycles. The number of H-pyrrole nitrogens is 2. The van der Waals surface area contributed by atoms with Crippen molar-refractivity contribution in [3.05, 3.63) is 51.2 Å². The van der Waals surface area contributed by atoms with E-state index >= 15 is 0 Å². The molecule has 2 atom stereocenters. The molecule has 2 aliphatic heterocycles. The van der Waals surface area contributed by atoms with Gasteiger partial charge in [0.1, 0.15) is 24.0 Å². The number of aliphatic hydroxyl groups excluding tert-OH is 1. The predicted molar refractivity (Wildman–Crippen MR) is 111 cm³/mol. The summed E-state index contributed by atoms with van der Waals surface area (Å²) in [6.45, 7) is 1.31. The summed E-state index contributed by atoms with van der Waals surface area (Å²) in [5, 5.41) is 12.0. The van der Waals surface area contributed by atoms with Crippen molar-refractivity contribution in [2.45, 2.75) is 31.4 Å². The average molecular weight is 437 g/mol. The van der Waals surface area contributed by atoms with Crippen molar-refractivity contribution in [2.75, 3.05) is 25.1 Å². The van der Waals surface area contributed by atoms with Crippen LogP contribution in [0.4, 0.5) is 10.2 Å². The lowest BCUT2D eigenvalue weighted by atomic mass is 10.1. The Bertz CT molecular complexity index is 1080. The molecular formula is C20H22ClFN4O4. The van der Waals surface area contributed by atoms with Gasteiger partial charge >= 0.3 is 5.69 Å². The van der Waals surface area contributed by atoms with E-state index in [4.69, 9.17) is 26.2 Å². The lowest BCUT2D eigenvalue weighted by molar-refractivity contribution is -0.0172. The first-order valence-electron chi connectivity index (χ1n) is 9.74. The fourth-order valence-corrected chi connectivity index (χ4v) is 3.72. The van der Waals surface area contributed by atoms with Crippen molar-refractivity contribution in [1.29, 1.82) is 0 Å². The van der Waals surface area contributed by atoms with E-state index < -0.39 is 6.04 Å². The normalized spacial score (nSPS) is 20.2. The van der Waals surface area contributed by atoms with Crippen LogP contribution in [0.2, 0.25) is 5.02 Å². The number of pyridine rings is 1. The Balaban J connectivity index is 0.000000230. The van der Waals surface area contributed by atoms with E-state index in [1.54, 1.807) is 18.2 Å². The molecule has 3 aromatic rings. The number of benzene rings is 1. The molecule has 30 heavy (non-hydrogen) atoms. The number of halogens is 2. The molecule has 1 unspecified atom stereocenters. The number of aromatic nitrogens is 3. The van der Waals surface area contributed by atoms with E-state index in [0.717, 1.165) is 19.4 Å². The van der Waals surface area contributed by atoms with Gasteiger partial charge in [0.2, 0.25) is 0 Å². The SMILES string of the molecule is O=c1[nH]c2cc(Cl)c(NC3COc4cccc(F)c43)nc2[nH]1.OC[C@@H]1CCCCO1. The summed E-state index contributed by atoms with van der Waals surface area (Å²) in [7, 11) is 0. The molecular weight excluding hydrogens is 415 g/mol. The van der Waals surface area contributed by atoms with E-state index in [0.29, 0.717) is 33.3 Å². The molecule has 4 heterocycles. The zero-order valence-electron chi connectivity index (χ0n) is 16.1. The van der Waals surface area contributed by atoms with Gasteiger partial charge in [-0.2, -0.15) is 0 Å². The summed E-state index contributed by atoms with van der Waals surface area (Å²) < 4.78 is 24.6. The van der Waals surface area contributed by atoms with Crippen LogP contribution in [0.5, 0.6) is 5.75 Å². The van der Waals surface area contributed by atoms with E-state index in [1.165, 1.54) is 12.5 Å². The van der Waals surface area contributed by atoms with Crippen LogP contribution < -0.4 is 15.7 Å². The number of aliphatic hydroxyl groups is 1. The number of hydrogen-bond donors (Lipinski definition) is 4. The van der Waals surface area contributed by atoms with Crippen molar-refractivity contribution < 1.29 is 19.0 Å². The number of imidazole rings is 1. The summed E-state index contributed by atoms with van der Waals surface area (Å²) in [6, 6.07) is 5.87. The number of fused-ring (bicyclic) bond motifs is 2. The Hall–Kier alpha value is -2.62. The van der Waals surface area contributed by atoms with E-state index in [1.807, 2.05) is 0 Å². The van der Waals surface area contributed by atoms with Crippen LogP contribution in [0.15, 0.2) is 29.1 Å². The lowest BCUT2D eigenvalue weighted by Crippen LogP contribution is -2.22. The Morgan fingerprint density at radius 3 is 2.93 bits per heavy atom. The van der Waals surface area contributed by atoms with Crippen molar-refractivity contribution in [2.24, 2.45) is 0 Å². The number of nitrogens with zero attached hydrogens (tertiary/aromatic N) is 1. The van der Waals surface area contributed by atoms with Gasteiger partial charge < -0.3 is 24.9 Å². The summed E-state index contributed by atoms with van der Waals surface area (Å²) in [5.74, 6) is 0.513. The predicted octanol–water partition coefficient (Wildman–Crippen LogP) is 3.14. The molecule has 0 saturated carbocycles. The Labute approximate surface area is 176 Å². The van der Waals surface area contributed by atoms with Crippen LogP contribution in [0.3, 0.4) is 0 Å². The largest absolute Gasteiger partial charge is 0.491 e. The van der Waals surface area contributed by atoms with Crippen LogP contribution in [-0.2, 0) is 4.74 Å². The molecule has 1 fully saturated rings. The first-order valence-corrected chi connectivity index (χ1v) is 10.1. The highest BCUT2D eigenvalue weighted by atomic mass is 35.5. The zero-order chi connectivity index (χ0) is 21.1. The molecule has 0 spiro atoms. The van der Waals surface area contributed by atoms with E-state index in [2.05, 4.69) is 20.3 Å². The third kappa shape index (κ3) is 4.43. The second kappa shape index (κ2) is 9.03. The maximum Gasteiger partial charge on any atom is 0.325 e. The number of rotatable bonds is 3. The first-order chi connectivity index (χ1) is 14.5. The minimum absolute atomic E-state index is 0.142. The van der Waals surface area contributed by atoms with E-state index in [9.17, 15) is 9.18 Å². The fraction of sp³-hybridized carbons (Fsp3) is 0.400. The highest BCUT2D eigenvalue weighted by Crippen LogP contribution is 2.37. The van der Waals surface area contributed by atoms with Crippen LogP contribution in [-0.4, -0.2) is 46.0 Å². The number of nitrogens with one attached hydrogen (secondary N) is 3. The zero-order valence-corrected chi connectivity index (χ0v) is 16.8. The molecule has 8 nitrogen and oxygen atoms in total. The smallest absolute Gasteiger partial charge is 0.325 e. The molecule has 10 heteroatoms. The average Bonchev–Trinajstić information content (AvgIpc) is 3.32. The van der Waals surface area contributed by atoms with Crippen molar-refractivity contribution in [1.82, 2.24) is 15.0 Å². The molecule has 5 rings (SSSR count). The highest BCUT2D eigenvalue weighted by molar-refractivity contribution is 6.33. The van der Waals surface area contributed by atoms with Crippen LogP contribution in [0, 0.1) is 5.82 Å². The number of anilines is 1. The minimum Gasteiger partial charge on any atom is -0.491 e. The molecule has 0 bridgehead atoms. The van der Waals surface area contributed by atoms with Crippen LogP contribution in [0.1, 0.15) is 30.9 Å². The van der Waals surface area contributed by atoms with Gasteiger partial charge in [-0.1, -0.05) is 17.7 Å². The van der Waals surface area contributed by atoms with Gasteiger partial charge in [-0.15, -0.1) is 0 Å². The van der Waals surface area contributed by atoms with Gasteiger partial charge in [-0.05, 0) is 37.5 Å². The molecule has 2 aromatic heterocycles. The minimum atomic E-state index is -0.399. The lowest BCUT2D eigenvalue weighted by Gasteiger charge is -2.19. The molecule has 0 amide bonds.